The Kier molecular flexibility index (Phi) is 4.33. The van der Waals surface area contributed by atoms with E-state index in [1.54, 1.807) is 12.1 Å². The average molecular weight is 386 g/mol. The third-order valence-electron chi connectivity index (χ3n) is 3.44. The summed E-state index contributed by atoms with van der Waals surface area (Å²) >= 11 is 9.31. The maximum atomic E-state index is 12.3. The molecule has 3 nitrogen and oxygen atoms in total. The van der Waals surface area contributed by atoms with Crippen molar-refractivity contribution in [2.75, 3.05) is 0 Å². The normalized spacial score (nSPS) is 10.3. The summed E-state index contributed by atoms with van der Waals surface area (Å²) in [6.45, 7) is 0. The van der Waals surface area contributed by atoms with Gasteiger partial charge in [-0.2, -0.15) is 5.26 Å². The van der Waals surface area contributed by atoms with E-state index in [0.717, 1.165) is 15.6 Å². The number of rotatable bonds is 2. The van der Waals surface area contributed by atoms with Crippen molar-refractivity contribution in [1.82, 2.24) is 4.98 Å². The van der Waals surface area contributed by atoms with Gasteiger partial charge in [0.25, 0.3) is 5.56 Å². The van der Waals surface area contributed by atoms with Crippen LogP contribution in [0.2, 0.25) is 5.02 Å². The number of aromatic amines is 1. The van der Waals surface area contributed by atoms with Gasteiger partial charge >= 0.3 is 0 Å². The molecule has 0 fully saturated rings. The second-order valence-corrected chi connectivity index (χ2v) is 6.28. The molecular formula is C18H10BrClN2O. The SMILES string of the molecule is N#Cc1c(-c2cccc(Br)c2)cc(-c2ccc(Cl)cc2)[nH]c1=O. The van der Waals surface area contributed by atoms with Crippen LogP contribution in [0.5, 0.6) is 0 Å². The van der Waals surface area contributed by atoms with E-state index in [9.17, 15) is 10.1 Å². The van der Waals surface area contributed by atoms with Crippen LogP contribution >= 0.6 is 27.5 Å². The first-order valence-corrected chi connectivity index (χ1v) is 7.95. The molecule has 0 bridgehead atoms. The van der Waals surface area contributed by atoms with Crippen LogP contribution in [0.1, 0.15) is 5.56 Å². The molecule has 0 saturated carbocycles. The molecule has 0 radical (unpaired) electrons. The van der Waals surface area contributed by atoms with Crippen LogP contribution in [0.25, 0.3) is 22.4 Å². The van der Waals surface area contributed by atoms with Gasteiger partial charge in [0, 0.05) is 20.8 Å². The molecule has 5 heteroatoms. The molecule has 0 unspecified atom stereocenters. The number of hydrogen-bond acceptors (Lipinski definition) is 2. The number of H-pyrrole nitrogens is 1. The van der Waals surface area contributed by atoms with Crippen LogP contribution in [0.15, 0.2) is 63.9 Å². The van der Waals surface area contributed by atoms with E-state index in [1.807, 2.05) is 48.5 Å². The van der Waals surface area contributed by atoms with Crippen LogP contribution < -0.4 is 5.56 Å². The summed E-state index contributed by atoms with van der Waals surface area (Å²) in [5, 5.41) is 9.95. The van der Waals surface area contributed by atoms with Gasteiger partial charge in [0.15, 0.2) is 0 Å². The standard InChI is InChI=1S/C18H10BrClN2O/c19-13-3-1-2-12(8-13)15-9-17(22-18(23)16(15)10-21)11-4-6-14(20)7-5-11/h1-9H,(H,22,23). The highest BCUT2D eigenvalue weighted by atomic mass is 79.9. The van der Waals surface area contributed by atoms with Gasteiger partial charge in [-0.1, -0.05) is 51.8 Å². The molecule has 0 saturated heterocycles. The molecule has 3 aromatic rings. The highest BCUT2D eigenvalue weighted by Gasteiger charge is 2.12. The third kappa shape index (κ3) is 3.21. The van der Waals surface area contributed by atoms with E-state index in [-0.39, 0.29) is 5.56 Å². The van der Waals surface area contributed by atoms with Gasteiger partial charge in [-0.15, -0.1) is 0 Å². The Labute approximate surface area is 146 Å². The van der Waals surface area contributed by atoms with Gasteiger partial charge in [0.1, 0.15) is 11.6 Å². The zero-order valence-corrected chi connectivity index (χ0v) is 14.1. The van der Waals surface area contributed by atoms with Gasteiger partial charge in [0.2, 0.25) is 0 Å². The Bertz CT molecular complexity index is 972. The molecule has 112 valence electrons. The minimum atomic E-state index is -0.407. The number of nitrogens with one attached hydrogen (secondary N) is 1. The van der Waals surface area contributed by atoms with Crippen LogP contribution in [0, 0.1) is 11.3 Å². The predicted molar refractivity (Wildman–Crippen MR) is 95.4 cm³/mol. The van der Waals surface area contributed by atoms with Gasteiger partial charge in [-0.05, 0) is 41.5 Å². The number of halogens is 2. The largest absolute Gasteiger partial charge is 0.321 e. The minimum absolute atomic E-state index is 0.0980. The maximum Gasteiger partial charge on any atom is 0.266 e. The van der Waals surface area contributed by atoms with Crippen molar-refractivity contribution in [2.45, 2.75) is 0 Å². The molecule has 23 heavy (non-hydrogen) atoms. The van der Waals surface area contributed by atoms with Crippen molar-refractivity contribution in [1.29, 1.82) is 5.26 Å². The van der Waals surface area contributed by atoms with Crippen molar-refractivity contribution >= 4 is 27.5 Å². The topological polar surface area (TPSA) is 56.6 Å². The molecule has 1 N–H and O–H groups in total. The summed E-state index contributed by atoms with van der Waals surface area (Å²) in [5.74, 6) is 0. The van der Waals surface area contributed by atoms with Crippen LogP contribution in [0.4, 0.5) is 0 Å². The van der Waals surface area contributed by atoms with Gasteiger partial charge in [-0.3, -0.25) is 4.79 Å². The summed E-state index contributed by atoms with van der Waals surface area (Å²) < 4.78 is 0.882. The molecule has 2 aromatic carbocycles. The number of aromatic nitrogens is 1. The second-order valence-electron chi connectivity index (χ2n) is 4.93. The second kappa shape index (κ2) is 6.41. The smallest absolute Gasteiger partial charge is 0.266 e. The Morgan fingerprint density at radius 2 is 1.78 bits per heavy atom. The molecule has 0 spiro atoms. The molecule has 0 aliphatic heterocycles. The predicted octanol–water partition coefficient (Wildman–Crippen LogP) is 5.00. The molecule has 1 aromatic heterocycles. The monoisotopic (exact) mass is 384 g/mol. The molecule has 3 rings (SSSR count). The summed E-state index contributed by atoms with van der Waals surface area (Å²) in [7, 11) is 0. The first kappa shape index (κ1) is 15.5. The van der Waals surface area contributed by atoms with E-state index in [1.165, 1.54) is 0 Å². The summed E-state index contributed by atoms with van der Waals surface area (Å²) in [5.41, 5.74) is 2.56. The van der Waals surface area contributed by atoms with Crippen LogP contribution in [-0.4, -0.2) is 4.98 Å². The molecule has 0 atom stereocenters. The fraction of sp³-hybridized carbons (Fsp3) is 0. The van der Waals surface area contributed by atoms with Crippen LogP contribution in [-0.2, 0) is 0 Å². The number of nitriles is 1. The minimum Gasteiger partial charge on any atom is -0.321 e. The van der Waals surface area contributed by atoms with Crippen molar-refractivity contribution in [3.8, 4) is 28.5 Å². The molecule has 0 aliphatic rings. The number of benzene rings is 2. The van der Waals surface area contributed by atoms with E-state index in [4.69, 9.17) is 11.6 Å². The lowest BCUT2D eigenvalue weighted by atomic mass is 9.99. The average Bonchev–Trinajstić information content (AvgIpc) is 2.55. The number of hydrogen-bond donors (Lipinski definition) is 1. The van der Waals surface area contributed by atoms with Crippen molar-refractivity contribution < 1.29 is 0 Å². The quantitative estimate of drug-likeness (QED) is 0.675. The molecule has 0 aliphatic carbocycles. The lowest BCUT2D eigenvalue weighted by Crippen LogP contribution is -2.12. The third-order valence-corrected chi connectivity index (χ3v) is 4.18. The van der Waals surface area contributed by atoms with E-state index < -0.39 is 5.56 Å². The van der Waals surface area contributed by atoms with Gasteiger partial charge in [-0.25, -0.2) is 0 Å². The van der Waals surface area contributed by atoms with Crippen molar-refractivity contribution in [3.63, 3.8) is 0 Å². The Hall–Kier alpha value is -2.35. The first-order valence-electron chi connectivity index (χ1n) is 6.78. The first-order chi connectivity index (χ1) is 11.1. The highest BCUT2D eigenvalue weighted by molar-refractivity contribution is 9.10. The summed E-state index contributed by atoms with van der Waals surface area (Å²) in [6.07, 6.45) is 0. The van der Waals surface area contributed by atoms with Gasteiger partial charge in [0.05, 0.1) is 0 Å². The van der Waals surface area contributed by atoms with Gasteiger partial charge < -0.3 is 4.98 Å². The van der Waals surface area contributed by atoms with Crippen LogP contribution in [0.3, 0.4) is 0 Å². The highest BCUT2D eigenvalue weighted by Crippen LogP contribution is 2.28. The molecule has 1 heterocycles. The fourth-order valence-electron chi connectivity index (χ4n) is 2.34. The van der Waals surface area contributed by atoms with E-state index >= 15 is 0 Å². The Morgan fingerprint density at radius 1 is 1.04 bits per heavy atom. The van der Waals surface area contributed by atoms with E-state index in [2.05, 4.69) is 20.9 Å². The Balaban J connectivity index is 2.24. The molecule has 0 amide bonds. The lowest BCUT2D eigenvalue weighted by Gasteiger charge is -2.08. The van der Waals surface area contributed by atoms with Crippen molar-refractivity contribution in [2.24, 2.45) is 0 Å². The van der Waals surface area contributed by atoms with E-state index in [0.29, 0.717) is 16.3 Å². The number of nitrogens with zero attached hydrogens (tertiary/aromatic N) is 1. The van der Waals surface area contributed by atoms with Crippen molar-refractivity contribution in [3.05, 3.63) is 80.0 Å². The summed E-state index contributed by atoms with van der Waals surface area (Å²) in [4.78, 5) is 15.0. The Morgan fingerprint density at radius 3 is 2.43 bits per heavy atom. The summed E-state index contributed by atoms with van der Waals surface area (Å²) in [6, 6.07) is 18.5. The maximum absolute atomic E-state index is 12.3. The number of pyridine rings is 1. The molecular weight excluding hydrogens is 376 g/mol. The fourth-order valence-corrected chi connectivity index (χ4v) is 2.86. The zero-order chi connectivity index (χ0) is 16.4. The lowest BCUT2D eigenvalue weighted by molar-refractivity contribution is 1.22. The zero-order valence-electron chi connectivity index (χ0n) is 11.8.